The van der Waals surface area contributed by atoms with Gasteiger partial charge < -0.3 is 10.2 Å². The fourth-order valence-corrected chi connectivity index (χ4v) is 3.13. The van der Waals surface area contributed by atoms with Crippen LogP contribution in [0.15, 0.2) is 0 Å². The van der Waals surface area contributed by atoms with E-state index in [1.165, 1.54) is 0 Å². The highest BCUT2D eigenvalue weighted by molar-refractivity contribution is 5.81. The maximum absolute atomic E-state index is 12.6. The van der Waals surface area contributed by atoms with Gasteiger partial charge >= 0.3 is 0 Å². The third-order valence-corrected chi connectivity index (χ3v) is 4.30. The molecule has 0 aliphatic heterocycles. The first-order valence-electron chi connectivity index (χ1n) is 8.70. The molecule has 122 valence electrons. The zero-order chi connectivity index (χ0) is 15.7. The van der Waals surface area contributed by atoms with Crippen molar-refractivity contribution in [3.8, 4) is 0 Å². The van der Waals surface area contributed by atoms with E-state index in [0.717, 1.165) is 64.6 Å². The van der Waals surface area contributed by atoms with Gasteiger partial charge in [0.15, 0.2) is 0 Å². The third-order valence-electron chi connectivity index (χ3n) is 4.30. The van der Waals surface area contributed by atoms with E-state index in [9.17, 15) is 9.59 Å². The molecule has 0 heterocycles. The highest BCUT2D eigenvalue weighted by Gasteiger charge is 2.31. The van der Waals surface area contributed by atoms with E-state index in [1.807, 2.05) is 4.90 Å². The van der Waals surface area contributed by atoms with Gasteiger partial charge in [0.05, 0.1) is 0 Å². The van der Waals surface area contributed by atoms with Crippen LogP contribution in [0.2, 0.25) is 0 Å². The maximum Gasteiger partial charge on any atom is 0.225 e. The molecule has 21 heavy (non-hydrogen) atoms. The standard InChI is InChI=1S/C17H32N2O2/c1-4-11-18-16(20)14-7-9-15(10-8-14)17(21)19(12-5-2)13-6-3/h14-15H,4-13H2,1-3H3,(H,18,20). The van der Waals surface area contributed by atoms with E-state index < -0.39 is 0 Å². The maximum atomic E-state index is 12.6. The van der Waals surface area contributed by atoms with Gasteiger partial charge in [0.2, 0.25) is 11.8 Å². The molecule has 0 atom stereocenters. The van der Waals surface area contributed by atoms with Crippen molar-refractivity contribution < 1.29 is 9.59 Å². The number of nitrogens with one attached hydrogen (secondary N) is 1. The Morgan fingerprint density at radius 1 is 0.905 bits per heavy atom. The number of carbonyl (C=O) groups excluding carboxylic acids is 2. The van der Waals surface area contributed by atoms with Gasteiger partial charge in [-0.05, 0) is 44.9 Å². The summed E-state index contributed by atoms with van der Waals surface area (Å²) in [4.78, 5) is 26.5. The van der Waals surface area contributed by atoms with E-state index >= 15 is 0 Å². The predicted octanol–water partition coefficient (Wildman–Crippen LogP) is 2.97. The second-order valence-electron chi connectivity index (χ2n) is 6.16. The number of carbonyl (C=O) groups is 2. The Bertz CT molecular complexity index is 317. The molecule has 0 bridgehead atoms. The molecule has 0 aromatic rings. The quantitative estimate of drug-likeness (QED) is 0.748. The van der Waals surface area contributed by atoms with Crippen LogP contribution in [0.5, 0.6) is 0 Å². The second kappa shape index (κ2) is 9.80. The summed E-state index contributed by atoms with van der Waals surface area (Å²) < 4.78 is 0. The van der Waals surface area contributed by atoms with Gasteiger partial charge in [-0.3, -0.25) is 9.59 Å². The Morgan fingerprint density at radius 2 is 1.43 bits per heavy atom. The second-order valence-corrected chi connectivity index (χ2v) is 6.16. The summed E-state index contributed by atoms with van der Waals surface area (Å²) >= 11 is 0. The van der Waals surface area contributed by atoms with Crippen molar-refractivity contribution in [3.63, 3.8) is 0 Å². The van der Waals surface area contributed by atoms with E-state index in [-0.39, 0.29) is 17.7 Å². The summed E-state index contributed by atoms with van der Waals surface area (Å²) in [6.45, 7) is 8.79. The summed E-state index contributed by atoms with van der Waals surface area (Å²) in [5.74, 6) is 0.748. The molecule has 0 spiro atoms. The van der Waals surface area contributed by atoms with Crippen LogP contribution >= 0.6 is 0 Å². The minimum Gasteiger partial charge on any atom is -0.356 e. The molecule has 1 rings (SSSR count). The highest BCUT2D eigenvalue weighted by atomic mass is 16.2. The number of hydrogen-bond donors (Lipinski definition) is 1. The molecule has 0 radical (unpaired) electrons. The van der Waals surface area contributed by atoms with E-state index in [1.54, 1.807) is 0 Å². The molecular weight excluding hydrogens is 264 g/mol. The number of rotatable bonds is 8. The van der Waals surface area contributed by atoms with Crippen molar-refractivity contribution in [1.29, 1.82) is 0 Å². The Labute approximate surface area is 129 Å². The van der Waals surface area contributed by atoms with Crippen LogP contribution in [0.4, 0.5) is 0 Å². The van der Waals surface area contributed by atoms with Crippen LogP contribution in [0, 0.1) is 11.8 Å². The molecule has 1 N–H and O–H groups in total. The van der Waals surface area contributed by atoms with Crippen LogP contribution in [0.25, 0.3) is 0 Å². The lowest BCUT2D eigenvalue weighted by molar-refractivity contribution is -0.138. The number of amides is 2. The van der Waals surface area contributed by atoms with Gasteiger partial charge in [0, 0.05) is 31.5 Å². The summed E-state index contributed by atoms with van der Waals surface area (Å²) in [6, 6.07) is 0. The van der Waals surface area contributed by atoms with Crippen LogP contribution in [0.3, 0.4) is 0 Å². The molecular formula is C17H32N2O2. The largest absolute Gasteiger partial charge is 0.356 e. The van der Waals surface area contributed by atoms with E-state index in [0.29, 0.717) is 5.91 Å². The molecule has 4 heteroatoms. The Morgan fingerprint density at radius 3 is 1.90 bits per heavy atom. The first-order chi connectivity index (χ1) is 10.1. The van der Waals surface area contributed by atoms with Crippen molar-refractivity contribution in [2.45, 2.75) is 65.7 Å². The minimum absolute atomic E-state index is 0.117. The monoisotopic (exact) mass is 296 g/mol. The lowest BCUT2D eigenvalue weighted by Gasteiger charge is -2.31. The van der Waals surface area contributed by atoms with Crippen molar-refractivity contribution in [2.75, 3.05) is 19.6 Å². The topological polar surface area (TPSA) is 49.4 Å². The zero-order valence-corrected chi connectivity index (χ0v) is 14.0. The third kappa shape index (κ3) is 5.68. The van der Waals surface area contributed by atoms with Crippen molar-refractivity contribution in [2.24, 2.45) is 11.8 Å². The fraction of sp³-hybridized carbons (Fsp3) is 0.882. The van der Waals surface area contributed by atoms with Crippen LogP contribution in [-0.4, -0.2) is 36.3 Å². The average molecular weight is 296 g/mol. The molecule has 4 nitrogen and oxygen atoms in total. The van der Waals surface area contributed by atoms with Crippen molar-refractivity contribution >= 4 is 11.8 Å². The summed E-state index contributed by atoms with van der Waals surface area (Å²) in [7, 11) is 0. The molecule has 1 saturated carbocycles. The van der Waals surface area contributed by atoms with Crippen LogP contribution < -0.4 is 5.32 Å². The summed E-state index contributed by atoms with van der Waals surface area (Å²) in [5.41, 5.74) is 0. The zero-order valence-electron chi connectivity index (χ0n) is 14.0. The molecule has 1 fully saturated rings. The number of nitrogens with zero attached hydrogens (tertiary/aromatic N) is 1. The van der Waals surface area contributed by atoms with Crippen molar-refractivity contribution in [3.05, 3.63) is 0 Å². The summed E-state index contributed by atoms with van der Waals surface area (Å²) in [5, 5.41) is 2.98. The van der Waals surface area contributed by atoms with Gasteiger partial charge in [-0.2, -0.15) is 0 Å². The summed E-state index contributed by atoms with van der Waals surface area (Å²) in [6.07, 6.45) is 6.46. The van der Waals surface area contributed by atoms with Crippen molar-refractivity contribution in [1.82, 2.24) is 10.2 Å². The molecule has 0 saturated heterocycles. The van der Waals surface area contributed by atoms with E-state index in [4.69, 9.17) is 0 Å². The first-order valence-corrected chi connectivity index (χ1v) is 8.70. The van der Waals surface area contributed by atoms with Gasteiger partial charge in [-0.1, -0.05) is 20.8 Å². The Balaban J connectivity index is 2.43. The molecule has 2 amide bonds. The normalized spacial score (nSPS) is 21.9. The van der Waals surface area contributed by atoms with Gasteiger partial charge in [0.1, 0.15) is 0 Å². The number of hydrogen-bond acceptors (Lipinski definition) is 2. The molecule has 1 aliphatic rings. The molecule has 0 aromatic heterocycles. The van der Waals surface area contributed by atoms with Crippen LogP contribution in [-0.2, 0) is 9.59 Å². The van der Waals surface area contributed by atoms with Gasteiger partial charge in [-0.15, -0.1) is 0 Å². The lowest BCUT2D eigenvalue weighted by Crippen LogP contribution is -2.40. The minimum atomic E-state index is 0.117. The molecule has 0 aromatic carbocycles. The fourth-order valence-electron chi connectivity index (χ4n) is 3.13. The van der Waals surface area contributed by atoms with Gasteiger partial charge in [0.25, 0.3) is 0 Å². The van der Waals surface area contributed by atoms with Gasteiger partial charge in [-0.25, -0.2) is 0 Å². The van der Waals surface area contributed by atoms with E-state index in [2.05, 4.69) is 26.1 Å². The first kappa shape index (κ1) is 18.0. The lowest BCUT2D eigenvalue weighted by atomic mass is 9.81. The predicted molar refractivity (Wildman–Crippen MR) is 85.9 cm³/mol. The molecule has 1 aliphatic carbocycles. The SMILES string of the molecule is CCCNC(=O)C1CCC(C(=O)N(CCC)CCC)CC1. The average Bonchev–Trinajstić information content (AvgIpc) is 2.52. The Kier molecular flexibility index (Phi) is 8.40. The smallest absolute Gasteiger partial charge is 0.225 e. The van der Waals surface area contributed by atoms with Crippen LogP contribution in [0.1, 0.15) is 65.7 Å². The molecule has 0 unspecified atom stereocenters. The highest BCUT2D eigenvalue weighted by Crippen LogP contribution is 2.30. The Hall–Kier alpha value is -1.06.